The second kappa shape index (κ2) is 8.78. The Bertz CT molecular complexity index is 667. The molecule has 0 saturated carbocycles. The molecule has 0 aliphatic carbocycles. The van der Waals surface area contributed by atoms with Crippen LogP contribution in [0, 0.1) is 0 Å². The van der Waals surface area contributed by atoms with Gasteiger partial charge in [-0.2, -0.15) is 4.31 Å². The molecule has 0 radical (unpaired) electrons. The van der Waals surface area contributed by atoms with Gasteiger partial charge in [-0.15, -0.1) is 0 Å². The Morgan fingerprint density at radius 3 is 2.32 bits per heavy atom. The lowest BCUT2D eigenvalue weighted by Gasteiger charge is -2.34. The summed E-state index contributed by atoms with van der Waals surface area (Å²) in [4.78, 5) is 14.7. The molecule has 1 aromatic carbocycles. The van der Waals surface area contributed by atoms with Gasteiger partial charge in [0.2, 0.25) is 10.0 Å². The number of amides is 1. The van der Waals surface area contributed by atoms with E-state index in [9.17, 15) is 13.2 Å². The fourth-order valence-electron chi connectivity index (χ4n) is 3.08. The van der Waals surface area contributed by atoms with Crippen molar-refractivity contribution in [3.05, 3.63) is 29.8 Å². The summed E-state index contributed by atoms with van der Waals surface area (Å²) in [5.41, 5.74) is 0.533. The molecular weight excluding hydrogens is 338 g/mol. The summed E-state index contributed by atoms with van der Waals surface area (Å²) in [6.07, 6.45) is 1.55. The van der Waals surface area contributed by atoms with Crippen molar-refractivity contribution in [2.24, 2.45) is 0 Å². The second-order valence-corrected chi connectivity index (χ2v) is 8.42. The van der Waals surface area contributed by atoms with Gasteiger partial charge in [0.1, 0.15) is 0 Å². The lowest BCUT2D eigenvalue weighted by molar-refractivity contribution is 0.0655. The van der Waals surface area contributed by atoms with Gasteiger partial charge in [-0.25, -0.2) is 8.42 Å². The molecule has 1 aliphatic heterocycles. The summed E-state index contributed by atoms with van der Waals surface area (Å²) in [6, 6.07) is 6.48. The number of hydrogen-bond acceptors (Lipinski definition) is 4. The van der Waals surface area contributed by atoms with Crippen LogP contribution in [0.2, 0.25) is 0 Å². The van der Waals surface area contributed by atoms with Crippen molar-refractivity contribution in [2.45, 2.75) is 44.6 Å². The molecule has 1 fully saturated rings. The van der Waals surface area contributed by atoms with Crippen LogP contribution >= 0.6 is 0 Å². The molecule has 0 bridgehead atoms. The minimum atomic E-state index is -3.51. The fraction of sp³-hybridized carbons (Fsp3) is 0.611. The Hall–Kier alpha value is -1.44. The summed E-state index contributed by atoms with van der Waals surface area (Å²) in [6.45, 7) is 9.19. The average Bonchev–Trinajstić information content (AvgIpc) is 2.61. The quantitative estimate of drug-likeness (QED) is 0.799. The maximum Gasteiger partial charge on any atom is 0.254 e. The molecule has 1 N–H and O–H groups in total. The first kappa shape index (κ1) is 19.9. The molecule has 6 nitrogen and oxygen atoms in total. The summed E-state index contributed by atoms with van der Waals surface area (Å²) >= 11 is 0. The smallest absolute Gasteiger partial charge is 0.254 e. The van der Waals surface area contributed by atoms with Gasteiger partial charge in [0.05, 0.1) is 4.90 Å². The summed E-state index contributed by atoms with van der Waals surface area (Å²) in [5.74, 6) is -0.0445. The average molecular weight is 368 g/mol. The standard InChI is InChI=1S/C18H29N3O3S/c1-4-11-20(12-5-2)25(23,24)17-8-6-16(7-9-17)18(22)21-13-10-19-14-15(21)3/h6-9,15,19H,4-5,10-14H2,1-3H3. The monoisotopic (exact) mass is 367 g/mol. The predicted molar refractivity (Wildman–Crippen MR) is 99.2 cm³/mol. The van der Waals surface area contributed by atoms with Crippen LogP contribution in [-0.2, 0) is 10.0 Å². The highest BCUT2D eigenvalue weighted by Gasteiger charge is 2.26. The van der Waals surface area contributed by atoms with Gasteiger partial charge in [-0.1, -0.05) is 13.8 Å². The SMILES string of the molecule is CCCN(CCC)S(=O)(=O)c1ccc(C(=O)N2CCNCC2C)cc1. The van der Waals surface area contributed by atoms with Crippen LogP contribution in [0.5, 0.6) is 0 Å². The van der Waals surface area contributed by atoms with E-state index in [1.54, 1.807) is 24.3 Å². The molecule has 1 aromatic rings. The molecule has 0 aromatic heterocycles. The van der Waals surface area contributed by atoms with Crippen molar-refractivity contribution >= 4 is 15.9 Å². The molecule has 0 spiro atoms. The third-order valence-corrected chi connectivity index (χ3v) is 6.36. The van der Waals surface area contributed by atoms with Crippen LogP contribution in [0.25, 0.3) is 0 Å². The zero-order valence-electron chi connectivity index (χ0n) is 15.4. The van der Waals surface area contributed by atoms with E-state index in [-0.39, 0.29) is 16.8 Å². The van der Waals surface area contributed by atoms with Crippen LogP contribution < -0.4 is 5.32 Å². The number of hydrogen-bond donors (Lipinski definition) is 1. The van der Waals surface area contributed by atoms with Gasteiger partial charge < -0.3 is 10.2 Å². The van der Waals surface area contributed by atoms with E-state index in [0.29, 0.717) is 25.2 Å². The highest BCUT2D eigenvalue weighted by atomic mass is 32.2. The Labute approximate surface area is 151 Å². The number of carbonyl (C=O) groups is 1. The number of benzene rings is 1. The Balaban J connectivity index is 2.19. The largest absolute Gasteiger partial charge is 0.333 e. The first-order chi connectivity index (χ1) is 11.9. The van der Waals surface area contributed by atoms with E-state index in [0.717, 1.165) is 25.9 Å². The number of rotatable bonds is 7. The van der Waals surface area contributed by atoms with Crippen LogP contribution in [0.4, 0.5) is 0 Å². The number of nitrogens with one attached hydrogen (secondary N) is 1. The van der Waals surface area contributed by atoms with Gasteiger partial charge in [-0.05, 0) is 44.0 Å². The summed E-state index contributed by atoms with van der Waals surface area (Å²) < 4.78 is 27.1. The number of carbonyl (C=O) groups excluding carboxylic acids is 1. The molecule has 1 aliphatic rings. The molecule has 25 heavy (non-hydrogen) atoms. The molecule has 1 unspecified atom stereocenters. The lowest BCUT2D eigenvalue weighted by atomic mass is 10.1. The summed E-state index contributed by atoms with van der Waals surface area (Å²) in [7, 11) is -3.51. The molecule has 140 valence electrons. The minimum Gasteiger partial charge on any atom is -0.333 e. The van der Waals surface area contributed by atoms with Crippen LogP contribution in [0.3, 0.4) is 0 Å². The lowest BCUT2D eigenvalue weighted by Crippen LogP contribution is -2.52. The van der Waals surface area contributed by atoms with E-state index >= 15 is 0 Å². The van der Waals surface area contributed by atoms with Crippen LogP contribution in [0.1, 0.15) is 44.0 Å². The van der Waals surface area contributed by atoms with Gasteiger partial charge >= 0.3 is 0 Å². The van der Waals surface area contributed by atoms with Gasteiger partial charge in [0, 0.05) is 44.3 Å². The molecule has 1 amide bonds. The van der Waals surface area contributed by atoms with Gasteiger partial charge in [0.15, 0.2) is 0 Å². The normalized spacial score (nSPS) is 18.6. The zero-order valence-corrected chi connectivity index (χ0v) is 16.2. The maximum atomic E-state index is 12.8. The van der Waals surface area contributed by atoms with Crippen LogP contribution in [0.15, 0.2) is 29.2 Å². The Morgan fingerprint density at radius 1 is 1.20 bits per heavy atom. The number of sulfonamides is 1. The third-order valence-electron chi connectivity index (χ3n) is 4.45. The predicted octanol–water partition coefficient (Wildman–Crippen LogP) is 1.93. The van der Waals surface area contributed by atoms with Crippen molar-refractivity contribution in [3.8, 4) is 0 Å². The molecule has 7 heteroatoms. The molecular formula is C18H29N3O3S. The maximum absolute atomic E-state index is 12.8. The van der Waals surface area contributed by atoms with E-state index < -0.39 is 10.0 Å². The first-order valence-corrected chi connectivity index (χ1v) is 10.5. The number of nitrogens with zero attached hydrogens (tertiary/aromatic N) is 2. The van der Waals surface area contributed by atoms with Gasteiger partial charge in [-0.3, -0.25) is 4.79 Å². The topological polar surface area (TPSA) is 69.7 Å². The molecule has 1 atom stereocenters. The van der Waals surface area contributed by atoms with Crippen LogP contribution in [-0.4, -0.2) is 62.3 Å². The van der Waals surface area contributed by atoms with E-state index in [2.05, 4.69) is 5.32 Å². The zero-order chi connectivity index (χ0) is 18.4. The van der Waals surface area contributed by atoms with Crippen molar-refractivity contribution < 1.29 is 13.2 Å². The summed E-state index contributed by atoms with van der Waals surface area (Å²) in [5, 5.41) is 3.26. The molecule has 1 heterocycles. The van der Waals surface area contributed by atoms with Crippen molar-refractivity contribution in [1.82, 2.24) is 14.5 Å². The Kier molecular flexibility index (Phi) is 6.98. The highest BCUT2D eigenvalue weighted by molar-refractivity contribution is 7.89. The third kappa shape index (κ3) is 4.59. The van der Waals surface area contributed by atoms with E-state index in [1.165, 1.54) is 4.31 Å². The second-order valence-electron chi connectivity index (χ2n) is 6.48. The minimum absolute atomic E-state index is 0.0445. The molecule has 2 rings (SSSR count). The van der Waals surface area contributed by atoms with Crippen molar-refractivity contribution in [1.29, 1.82) is 0 Å². The van der Waals surface area contributed by atoms with E-state index in [1.807, 2.05) is 25.7 Å². The van der Waals surface area contributed by atoms with E-state index in [4.69, 9.17) is 0 Å². The highest BCUT2D eigenvalue weighted by Crippen LogP contribution is 2.19. The first-order valence-electron chi connectivity index (χ1n) is 9.03. The van der Waals surface area contributed by atoms with Crippen molar-refractivity contribution in [3.63, 3.8) is 0 Å². The fourth-order valence-corrected chi connectivity index (χ4v) is 4.70. The molecule has 1 saturated heterocycles. The number of piperazine rings is 1. The van der Waals surface area contributed by atoms with Crippen molar-refractivity contribution in [2.75, 3.05) is 32.7 Å². The van der Waals surface area contributed by atoms with Gasteiger partial charge in [0.25, 0.3) is 5.91 Å². The Morgan fingerprint density at radius 2 is 1.80 bits per heavy atom.